The standard InChI is InChI=1S/C18H23NO2/c1-18(2,19)12-15-9-10-16(17(11-15)20-3)21-13-14-7-5-4-6-8-14/h4-11H,12-13,19H2,1-3H3. The van der Waals surface area contributed by atoms with Crippen molar-refractivity contribution in [1.29, 1.82) is 0 Å². The molecule has 2 aromatic carbocycles. The van der Waals surface area contributed by atoms with Crippen molar-refractivity contribution in [2.75, 3.05) is 7.11 Å². The Hall–Kier alpha value is -2.00. The molecule has 0 aliphatic carbocycles. The first-order valence-corrected chi connectivity index (χ1v) is 7.10. The first-order chi connectivity index (χ1) is 9.98. The minimum absolute atomic E-state index is 0.239. The van der Waals surface area contributed by atoms with Crippen molar-refractivity contribution in [2.45, 2.75) is 32.4 Å². The molecule has 2 aromatic rings. The SMILES string of the molecule is COc1cc(CC(C)(C)N)ccc1OCc1ccccc1. The molecule has 0 atom stereocenters. The zero-order valence-electron chi connectivity index (χ0n) is 12.9. The van der Waals surface area contributed by atoms with E-state index in [1.807, 2.05) is 62.4 Å². The summed E-state index contributed by atoms with van der Waals surface area (Å²) in [5.41, 5.74) is 8.10. The van der Waals surface area contributed by atoms with E-state index in [2.05, 4.69) is 0 Å². The Bertz CT molecular complexity index is 574. The molecule has 0 amide bonds. The van der Waals surface area contributed by atoms with E-state index in [9.17, 15) is 0 Å². The highest BCUT2D eigenvalue weighted by Crippen LogP contribution is 2.29. The molecule has 0 fully saturated rings. The van der Waals surface area contributed by atoms with Crippen LogP contribution in [0.1, 0.15) is 25.0 Å². The molecular weight excluding hydrogens is 262 g/mol. The lowest BCUT2D eigenvalue weighted by molar-refractivity contribution is 0.284. The van der Waals surface area contributed by atoms with Crippen LogP contribution in [0.2, 0.25) is 0 Å². The third-order valence-electron chi connectivity index (χ3n) is 3.12. The largest absolute Gasteiger partial charge is 0.493 e. The van der Waals surface area contributed by atoms with Crippen LogP contribution in [0, 0.1) is 0 Å². The summed E-state index contributed by atoms with van der Waals surface area (Å²) in [6.45, 7) is 4.55. The normalized spacial score (nSPS) is 11.2. The summed E-state index contributed by atoms with van der Waals surface area (Å²) in [6, 6.07) is 16.1. The van der Waals surface area contributed by atoms with Gasteiger partial charge in [-0.3, -0.25) is 0 Å². The fraction of sp³-hybridized carbons (Fsp3) is 0.333. The molecule has 0 radical (unpaired) electrons. The van der Waals surface area contributed by atoms with E-state index in [1.165, 1.54) is 0 Å². The van der Waals surface area contributed by atoms with Crippen LogP contribution >= 0.6 is 0 Å². The van der Waals surface area contributed by atoms with Crippen LogP contribution in [-0.2, 0) is 13.0 Å². The van der Waals surface area contributed by atoms with E-state index < -0.39 is 0 Å². The fourth-order valence-electron chi connectivity index (χ4n) is 2.20. The molecule has 0 heterocycles. The van der Waals surface area contributed by atoms with E-state index in [0.717, 1.165) is 29.0 Å². The Balaban J connectivity index is 2.09. The highest BCUT2D eigenvalue weighted by Gasteiger charge is 2.14. The number of methoxy groups -OCH3 is 1. The predicted molar refractivity (Wildman–Crippen MR) is 85.7 cm³/mol. The number of nitrogens with two attached hydrogens (primary N) is 1. The minimum Gasteiger partial charge on any atom is -0.493 e. The van der Waals surface area contributed by atoms with Crippen LogP contribution in [-0.4, -0.2) is 12.6 Å². The van der Waals surface area contributed by atoms with Gasteiger partial charge in [-0.1, -0.05) is 36.4 Å². The van der Waals surface area contributed by atoms with Crippen LogP contribution in [0.3, 0.4) is 0 Å². The Labute approximate surface area is 126 Å². The van der Waals surface area contributed by atoms with E-state index in [1.54, 1.807) is 7.11 Å². The second-order valence-electron chi connectivity index (χ2n) is 5.92. The summed E-state index contributed by atoms with van der Waals surface area (Å²) in [5, 5.41) is 0. The lowest BCUT2D eigenvalue weighted by Crippen LogP contribution is -2.34. The first kappa shape index (κ1) is 15.4. The molecule has 0 aliphatic rings. The lowest BCUT2D eigenvalue weighted by Gasteiger charge is -2.19. The quantitative estimate of drug-likeness (QED) is 0.882. The monoisotopic (exact) mass is 285 g/mol. The smallest absolute Gasteiger partial charge is 0.161 e. The van der Waals surface area contributed by atoms with Gasteiger partial charge in [-0.15, -0.1) is 0 Å². The van der Waals surface area contributed by atoms with Crippen molar-refractivity contribution in [2.24, 2.45) is 5.73 Å². The van der Waals surface area contributed by atoms with E-state index >= 15 is 0 Å². The van der Waals surface area contributed by atoms with Gasteiger partial charge in [-0.2, -0.15) is 0 Å². The topological polar surface area (TPSA) is 44.5 Å². The predicted octanol–water partition coefficient (Wildman–Crippen LogP) is 3.55. The second kappa shape index (κ2) is 6.64. The molecular formula is C18H23NO2. The van der Waals surface area contributed by atoms with Crippen LogP contribution in [0.4, 0.5) is 0 Å². The molecule has 3 nitrogen and oxygen atoms in total. The van der Waals surface area contributed by atoms with Gasteiger partial charge < -0.3 is 15.2 Å². The number of hydrogen-bond donors (Lipinski definition) is 1. The van der Waals surface area contributed by atoms with Gasteiger partial charge >= 0.3 is 0 Å². The number of hydrogen-bond acceptors (Lipinski definition) is 3. The van der Waals surface area contributed by atoms with Crippen LogP contribution in [0.25, 0.3) is 0 Å². The summed E-state index contributed by atoms with van der Waals surface area (Å²) in [6.07, 6.45) is 0.794. The molecule has 3 heteroatoms. The maximum atomic E-state index is 6.06. The molecule has 0 aromatic heterocycles. The molecule has 0 aliphatic heterocycles. The van der Waals surface area contributed by atoms with Gasteiger partial charge in [0, 0.05) is 5.54 Å². The highest BCUT2D eigenvalue weighted by molar-refractivity contribution is 5.43. The molecule has 2 rings (SSSR count). The van der Waals surface area contributed by atoms with Crippen molar-refractivity contribution < 1.29 is 9.47 Å². The fourth-order valence-corrected chi connectivity index (χ4v) is 2.20. The first-order valence-electron chi connectivity index (χ1n) is 7.10. The van der Waals surface area contributed by atoms with Gasteiger partial charge in [0.15, 0.2) is 11.5 Å². The molecule has 0 bridgehead atoms. The van der Waals surface area contributed by atoms with Crippen molar-refractivity contribution in [3.8, 4) is 11.5 Å². The third kappa shape index (κ3) is 4.80. The van der Waals surface area contributed by atoms with Crippen LogP contribution < -0.4 is 15.2 Å². The summed E-state index contributed by atoms with van der Waals surface area (Å²) in [7, 11) is 1.65. The third-order valence-corrected chi connectivity index (χ3v) is 3.12. The maximum absolute atomic E-state index is 6.06. The van der Waals surface area contributed by atoms with Gasteiger partial charge in [-0.25, -0.2) is 0 Å². The lowest BCUT2D eigenvalue weighted by atomic mass is 9.96. The van der Waals surface area contributed by atoms with E-state index in [4.69, 9.17) is 15.2 Å². The van der Waals surface area contributed by atoms with Gasteiger partial charge in [0.2, 0.25) is 0 Å². The van der Waals surface area contributed by atoms with Gasteiger partial charge in [0.25, 0.3) is 0 Å². The van der Waals surface area contributed by atoms with Gasteiger partial charge in [0.05, 0.1) is 7.11 Å². The minimum atomic E-state index is -0.239. The average Bonchev–Trinajstić information content (AvgIpc) is 2.45. The number of benzene rings is 2. The number of ether oxygens (including phenoxy) is 2. The van der Waals surface area contributed by atoms with E-state index in [0.29, 0.717) is 6.61 Å². The van der Waals surface area contributed by atoms with Gasteiger partial charge in [-0.05, 0) is 43.5 Å². The van der Waals surface area contributed by atoms with Crippen molar-refractivity contribution in [3.63, 3.8) is 0 Å². The molecule has 21 heavy (non-hydrogen) atoms. The Morgan fingerprint density at radius 2 is 1.67 bits per heavy atom. The second-order valence-corrected chi connectivity index (χ2v) is 5.92. The van der Waals surface area contributed by atoms with Crippen molar-refractivity contribution in [3.05, 3.63) is 59.7 Å². The zero-order valence-corrected chi connectivity index (χ0v) is 12.9. The summed E-state index contributed by atoms with van der Waals surface area (Å²) in [4.78, 5) is 0. The van der Waals surface area contributed by atoms with E-state index in [-0.39, 0.29) is 5.54 Å². The molecule has 0 saturated carbocycles. The number of rotatable bonds is 6. The van der Waals surface area contributed by atoms with Gasteiger partial charge in [0.1, 0.15) is 6.61 Å². The Morgan fingerprint density at radius 3 is 2.29 bits per heavy atom. The molecule has 0 saturated heterocycles. The van der Waals surface area contributed by atoms with Crippen molar-refractivity contribution >= 4 is 0 Å². The summed E-state index contributed by atoms with van der Waals surface area (Å²) >= 11 is 0. The Kier molecular flexibility index (Phi) is 4.86. The summed E-state index contributed by atoms with van der Waals surface area (Å²) < 4.78 is 11.3. The van der Waals surface area contributed by atoms with Crippen molar-refractivity contribution in [1.82, 2.24) is 0 Å². The van der Waals surface area contributed by atoms with Crippen LogP contribution in [0.15, 0.2) is 48.5 Å². The highest BCUT2D eigenvalue weighted by atomic mass is 16.5. The van der Waals surface area contributed by atoms with Crippen LogP contribution in [0.5, 0.6) is 11.5 Å². The zero-order chi connectivity index (χ0) is 15.3. The average molecular weight is 285 g/mol. The summed E-state index contributed by atoms with van der Waals surface area (Å²) in [5.74, 6) is 1.49. The maximum Gasteiger partial charge on any atom is 0.161 e. The molecule has 112 valence electrons. The molecule has 0 unspecified atom stereocenters. The molecule has 2 N–H and O–H groups in total. The Morgan fingerprint density at radius 1 is 0.952 bits per heavy atom. The molecule has 0 spiro atoms.